The molecule has 1 saturated heterocycles. The van der Waals surface area contributed by atoms with Gasteiger partial charge in [0.25, 0.3) is 11.8 Å². The van der Waals surface area contributed by atoms with Crippen molar-refractivity contribution in [2.24, 2.45) is 0 Å². The van der Waals surface area contributed by atoms with E-state index in [1.54, 1.807) is 36.4 Å². The standard InChI is InChI=1S/C38H40ClFN6O3.C2H6/c1-3-34-31(35(44-29-13-15-49-16-14-29)32-23-43-46(4-2)36(32)45-34)22-42-38(48)28-10-6-9-27(19-28)37(47)41-21-25-11-12-33(40)30(18-25)26-8-5-7-24(17-26)20-39;1-2/h5-12,17-19,23,29H,3-4,13-16,20-22H2,1-2H3,(H,41,47)(H,42,48)(H,44,45);1-2H3. The van der Waals surface area contributed by atoms with Crippen LogP contribution in [0.4, 0.5) is 10.1 Å². The quantitative estimate of drug-likeness (QED) is 0.113. The van der Waals surface area contributed by atoms with Crippen LogP contribution < -0.4 is 16.0 Å². The summed E-state index contributed by atoms with van der Waals surface area (Å²) in [4.78, 5) is 31.6. The van der Waals surface area contributed by atoms with Crippen molar-refractivity contribution in [3.8, 4) is 11.1 Å². The topological polar surface area (TPSA) is 110 Å². The Morgan fingerprint density at radius 1 is 0.922 bits per heavy atom. The highest BCUT2D eigenvalue weighted by atomic mass is 35.5. The van der Waals surface area contributed by atoms with Crippen molar-refractivity contribution in [2.75, 3.05) is 18.5 Å². The summed E-state index contributed by atoms with van der Waals surface area (Å²) in [6.45, 7) is 10.6. The highest BCUT2D eigenvalue weighted by molar-refractivity contribution is 6.17. The number of aryl methyl sites for hydroxylation is 2. The van der Waals surface area contributed by atoms with Crippen LogP contribution in [0.1, 0.15) is 83.6 Å². The maximum Gasteiger partial charge on any atom is 0.251 e. The van der Waals surface area contributed by atoms with Gasteiger partial charge in [0.15, 0.2) is 5.65 Å². The maximum atomic E-state index is 14.7. The molecule has 5 aromatic rings. The lowest BCUT2D eigenvalue weighted by Crippen LogP contribution is -2.30. The molecule has 2 amide bonds. The smallest absolute Gasteiger partial charge is 0.251 e. The average molecular weight is 713 g/mol. The van der Waals surface area contributed by atoms with Crippen LogP contribution in [0.2, 0.25) is 0 Å². The zero-order valence-corrected chi connectivity index (χ0v) is 30.4. The first-order chi connectivity index (χ1) is 24.9. The number of halogens is 2. The van der Waals surface area contributed by atoms with E-state index in [1.807, 2.05) is 55.9 Å². The molecule has 3 N–H and O–H groups in total. The Bertz CT molecular complexity index is 1970. The molecular formula is C40H46ClFN6O3. The molecule has 3 aromatic carbocycles. The molecular weight excluding hydrogens is 667 g/mol. The number of carbonyl (C=O) groups is 2. The van der Waals surface area contributed by atoms with Crippen molar-refractivity contribution in [1.82, 2.24) is 25.4 Å². The van der Waals surface area contributed by atoms with Crippen molar-refractivity contribution in [3.05, 3.63) is 112 Å². The van der Waals surface area contributed by atoms with Crippen molar-refractivity contribution in [1.29, 1.82) is 0 Å². The van der Waals surface area contributed by atoms with Crippen LogP contribution in [0.3, 0.4) is 0 Å². The zero-order valence-electron chi connectivity index (χ0n) is 29.7. The monoisotopic (exact) mass is 712 g/mol. The second-order valence-electron chi connectivity index (χ2n) is 12.1. The molecule has 0 atom stereocenters. The lowest BCUT2D eigenvalue weighted by atomic mass is 10.0. The van der Waals surface area contributed by atoms with E-state index in [9.17, 15) is 14.0 Å². The zero-order chi connectivity index (χ0) is 36.3. The van der Waals surface area contributed by atoms with Crippen molar-refractivity contribution < 1.29 is 18.7 Å². The van der Waals surface area contributed by atoms with Crippen LogP contribution in [-0.4, -0.2) is 45.8 Å². The van der Waals surface area contributed by atoms with Crippen molar-refractivity contribution in [3.63, 3.8) is 0 Å². The molecule has 1 fully saturated rings. The predicted octanol–water partition coefficient (Wildman–Crippen LogP) is 8.04. The lowest BCUT2D eigenvalue weighted by molar-refractivity contribution is 0.0904. The van der Waals surface area contributed by atoms with Gasteiger partial charge in [-0.1, -0.05) is 51.1 Å². The van der Waals surface area contributed by atoms with E-state index in [4.69, 9.17) is 21.3 Å². The normalized spacial score (nSPS) is 13.0. The second kappa shape index (κ2) is 17.9. The van der Waals surface area contributed by atoms with Gasteiger partial charge in [-0.3, -0.25) is 9.59 Å². The summed E-state index contributed by atoms with van der Waals surface area (Å²) < 4.78 is 22.2. The SMILES string of the molecule is CC.CCc1nc2c(cnn2CC)c(NC2CCOCC2)c1CNC(=O)c1cccc(C(=O)NCc2ccc(F)c(-c3cccc(CCl)c3)c2)c1. The number of hydrogen-bond donors (Lipinski definition) is 3. The summed E-state index contributed by atoms with van der Waals surface area (Å²) in [6.07, 6.45) is 4.30. The predicted molar refractivity (Wildman–Crippen MR) is 202 cm³/mol. The third kappa shape index (κ3) is 8.93. The van der Waals surface area contributed by atoms with Gasteiger partial charge in [0.05, 0.1) is 17.3 Å². The number of alkyl halides is 1. The Labute approximate surface area is 304 Å². The van der Waals surface area contributed by atoms with Gasteiger partial charge in [0.1, 0.15) is 5.82 Å². The van der Waals surface area contributed by atoms with Gasteiger partial charge in [0, 0.05) is 72.7 Å². The number of nitrogens with one attached hydrogen (secondary N) is 3. The maximum absolute atomic E-state index is 14.7. The van der Waals surface area contributed by atoms with Crippen LogP contribution in [0, 0.1) is 5.82 Å². The molecule has 0 saturated carbocycles. The molecule has 6 rings (SSSR count). The Kier molecular flexibility index (Phi) is 13.2. The largest absolute Gasteiger partial charge is 0.381 e. The highest BCUT2D eigenvalue weighted by Crippen LogP contribution is 2.31. The molecule has 1 aliphatic heterocycles. The molecule has 9 nitrogen and oxygen atoms in total. The first-order valence-electron chi connectivity index (χ1n) is 17.7. The van der Waals surface area contributed by atoms with E-state index < -0.39 is 0 Å². The van der Waals surface area contributed by atoms with Crippen LogP contribution in [-0.2, 0) is 36.7 Å². The van der Waals surface area contributed by atoms with Crippen LogP contribution in [0.5, 0.6) is 0 Å². The fourth-order valence-electron chi connectivity index (χ4n) is 6.18. The Morgan fingerprint density at radius 2 is 1.63 bits per heavy atom. The Balaban J connectivity index is 0.00000248. The first-order valence-corrected chi connectivity index (χ1v) is 18.2. The molecule has 2 aromatic heterocycles. The van der Waals surface area contributed by atoms with Crippen LogP contribution in [0.25, 0.3) is 22.2 Å². The number of rotatable bonds is 12. The number of pyridine rings is 1. The van der Waals surface area contributed by atoms with Gasteiger partial charge < -0.3 is 20.7 Å². The van der Waals surface area contributed by atoms with E-state index in [-0.39, 0.29) is 36.8 Å². The highest BCUT2D eigenvalue weighted by Gasteiger charge is 2.22. The van der Waals surface area contributed by atoms with Crippen molar-refractivity contribution >= 4 is 40.1 Å². The fraction of sp³-hybridized carbons (Fsp3) is 0.350. The number of aromatic nitrogens is 3. The Hall–Kier alpha value is -4.80. The molecule has 3 heterocycles. The Morgan fingerprint density at radius 3 is 2.31 bits per heavy atom. The van der Waals surface area contributed by atoms with Crippen LogP contribution in [0.15, 0.2) is 72.9 Å². The summed E-state index contributed by atoms with van der Waals surface area (Å²) >= 11 is 5.97. The summed E-state index contributed by atoms with van der Waals surface area (Å²) in [5.74, 6) is -0.677. The summed E-state index contributed by atoms with van der Waals surface area (Å²) in [7, 11) is 0. The van der Waals surface area contributed by atoms with E-state index in [1.165, 1.54) is 6.07 Å². The number of amides is 2. The van der Waals surface area contributed by atoms with Gasteiger partial charge in [-0.05, 0) is 79.3 Å². The fourth-order valence-corrected chi connectivity index (χ4v) is 6.35. The minimum Gasteiger partial charge on any atom is -0.381 e. The molecule has 11 heteroatoms. The minimum atomic E-state index is -0.357. The number of carbonyl (C=O) groups excluding carboxylic acids is 2. The molecule has 268 valence electrons. The van der Waals surface area contributed by atoms with Gasteiger partial charge >= 0.3 is 0 Å². The molecule has 1 aliphatic rings. The number of nitrogens with zero attached hydrogens (tertiary/aromatic N) is 3. The third-order valence-corrected chi connectivity index (χ3v) is 9.17. The molecule has 0 spiro atoms. The molecule has 0 unspecified atom stereocenters. The first kappa shape index (κ1) is 37.5. The number of ether oxygens (including phenoxy) is 1. The lowest BCUT2D eigenvalue weighted by Gasteiger charge is -2.26. The van der Waals surface area contributed by atoms with Gasteiger partial charge in [0.2, 0.25) is 0 Å². The molecule has 51 heavy (non-hydrogen) atoms. The molecule has 0 bridgehead atoms. The van der Waals surface area contributed by atoms with E-state index >= 15 is 0 Å². The van der Waals surface area contributed by atoms with Crippen LogP contribution >= 0.6 is 11.6 Å². The van der Waals surface area contributed by atoms with E-state index in [0.29, 0.717) is 54.3 Å². The summed E-state index contributed by atoms with van der Waals surface area (Å²) in [5, 5.41) is 15.2. The van der Waals surface area contributed by atoms with Gasteiger partial charge in [-0.2, -0.15) is 5.10 Å². The summed E-state index contributed by atoms with van der Waals surface area (Å²) in [6, 6.07) is 19.0. The number of hydrogen-bond acceptors (Lipinski definition) is 6. The number of benzene rings is 3. The summed E-state index contributed by atoms with van der Waals surface area (Å²) in [5.41, 5.74) is 7.06. The molecule has 0 radical (unpaired) electrons. The molecule has 0 aliphatic carbocycles. The minimum absolute atomic E-state index is 0.185. The average Bonchev–Trinajstić information content (AvgIpc) is 3.60. The third-order valence-electron chi connectivity index (χ3n) is 8.86. The second-order valence-corrected chi connectivity index (χ2v) is 12.4. The number of fused-ring (bicyclic) bond motifs is 1. The van der Waals surface area contributed by atoms with Gasteiger partial charge in [-0.15, -0.1) is 11.6 Å². The van der Waals surface area contributed by atoms with Crippen molar-refractivity contribution in [2.45, 2.75) is 78.5 Å². The van der Waals surface area contributed by atoms with Gasteiger partial charge in [-0.25, -0.2) is 14.1 Å². The van der Waals surface area contributed by atoms with E-state index in [0.717, 1.165) is 51.9 Å². The van der Waals surface area contributed by atoms with E-state index in [2.05, 4.69) is 28.0 Å². The number of anilines is 1.